The van der Waals surface area contributed by atoms with Gasteiger partial charge in [-0.1, -0.05) is 50.6 Å². The molecular weight excluding hydrogens is 330 g/mol. The van der Waals surface area contributed by atoms with Crippen LogP contribution >= 0.6 is 0 Å². The Hall–Kier alpha value is -3.02. The number of carbonyl (C=O) groups is 2. The van der Waals surface area contributed by atoms with Crippen molar-refractivity contribution in [2.24, 2.45) is 0 Å². The molecule has 3 N–H and O–H groups in total. The van der Waals surface area contributed by atoms with Crippen LogP contribution in [0.15, 0.2) is 48.5 Å². The van der Waals surface area contributed by atoms with Gasteiger partial charge in [-0.15, -0.1) is 0 Å². The van der Waals surface area contributed by atoms with Crippen LogP contribution in [0, 0.1) is 6.92 Å². The Morgan fingerprint density at radius 1 is 0.923 bits per heavy atom. The van der Waals surface area contributed by atoms with Crippen molar-refractivity contribution in [3.05, 3.63) is 59.7 Å². The number of nitrogens with one attached hydrogen (secondary N) is 3. The molecular formula is C20H25N3O3. The molecule has 0 heterocycles. The van der Waals surface area contributed by atoms with Crippen LogP contribution in [0.1, 0.15) is 31.9 Å². The van der Waals surface area contributed by atoms with E-state index in [1.807, 2.05) is 43.3 Å². The highest BCUT2D eigenvalue weighted by Crippen LogP contribution is 2.24. The van der Waals surface area contributed by atoms with Crippen molar-refractivity contribution >= 4 is 17.6 Å². The quantitative estimate of drug-likeness (QED) is 0.734. The van der Waals surface area contributed by atoms with E-state index in [2.05, 4.69) is 36.9 Å². The summed E-state index contributed by atoms with van der Waals surface area (Å²) in [5.74, 6) is 0.140. The second-order valence-corrected chi connectivity index (χ2v) is 7.06. The molecule has 3 amide bonds. The number of hydrogen-bond acceptors (Lipinski definition) is 3. The maximum Gasteiger partial charge on any atom is 0.337 e. The van der Waals surface area contributed by atoms with Crippen LogP contribution in [0.3, 0.4) is 0 Å². The molecule has 0 saturated heterocycles. The number of urea groups is 1. The Labute approximate surface area is 153 Å². The van der Waals surface area contributed by atoms with Gasteiger partial charge in [0.25, 0.3) is 5.91 Å². The second-order valence-electron chi connectivity index (χ2n) is 7.06. The number of rotatable bonds is 4. The Morgan fingerprint density at radius 3 is 2.12 bits per heavy atom. The summed E-state index contributed by atoms with van der Waals surface area (Å²) in [6.07, 6.45) is 0. The van der Waals surface area contributed by atoms with E-state index in [1.165, 1.54) is 5.56 Å². The summed E-state index contributed by atoms with van der Waals surface area (Å²) in [6.45, 7) is 8.15. The van der Waals surface area contributed by atoms with Crippen molar-refractivity contribution in [1.29, 1.82) is 0 Å². The third-order valence-electron chi connectivity index (χ3n) is 3.72. The second kappa shape index (κ2) is 8.38. The van der Waals surface area contributed by atoms with E-state index in [0.717, 1.165) is 5.56 Å². The van der Waals surface area contributed by atoms with E-state index in [1.54, 1.807) is 12.1 Å². The predicted octanol–water partition coefficient (Wildman–Crippen LogP) is 3.52. The van der Waals surface area contributed by atoms with E-state index in [9.17, 15) is 9.59 Å². The van der Waals surface area contributed by atoms with E-state index in [-0.39, 0.29) is 12.0 Å². The summed E-state index contributed by atoms with van der Waals surface area (Å²) < 4.78 is 5.42. The molecule has 0 aliphatic heterocycles. The Kier molecular flexibility index (Phi) is 6.22. The molecule has 0 unspecified atom stereocenters. The van der Waals surface area contributed by atoms with Gasteiger partial charge < -0.3 is 10.1 Å². The van der Waals surface area contributed by atoms with Gasteiger partial charge in [-0.2, -0.15) is 0 Å². The minimum absolute atomic E-state index is 0.0602. The highest BCUT2D eigenvalue weighted by Gasteiger charge is 2.13. The van der Waals surface area contributed by atoms with Crippen LogP contribution in [0.5, 0.6) is 5.75 Å². The molecule has 0 aromatic heterocycles. The summed E-state index contributed by atoms with van der Waals surface area (Å²) in [5.41, 5.74) is 7.55. The monoisotopic (exact) mass is 355 g/mol. The average molecular weight is 355 g/mol. The highest BCUT2D eigenvalue weighted by molar-refractivity contribution is 5.91. The zero-order valence-electron chi connectivity index (χ0n) is 15.6. The van der Waals surface area contributed by atoms with E-state index < -0.39 is 11.9 Å². The van der Waals surface area contributed by atoms with Crippen LogP contribution in [-0.4, -0.2) is 18.5 Å². The first kappa shape index (κ1) is 19.3. The molecule has 0 fully saturated rings. The largest absolute Gasteiger partial charge is 0.484 e. The fourth-order valence-corrected chi connectivity index (χ4v) is 2.16. The lowest BCUT2D eigenvalue weighted by molar-refractivity contribution is -0.123. The zero-order valence-corrected chi connectivity index (χ0v) is 15.6. The third-order valence-corrected chi connectivity index (χ3v) is 3.72. The van der Waals surface area contributed by atoms with Crippen molar-refractivity contribution in [2.45, 2.75) is 33.1 Å². The van der Waals surface area contributed by atoms with Gasteiger partial charge in [0.15, 0.2) is 6.61 Å². The van der Waals surface area contributed by atoms with Crippen molar-refractivity contribution in [1.82, 2.24) is 10.9 Å². The van der Waals surface area contributed by atoms with Gasteiger partial charge in [-0.05, 0) is 42.2 Å². The molecule has 26 heavy (non-hydrogen) atoms. The summed E-state index contributed by atoms with van der Waals surface area (Å²) in [5, 5.41) is 2.61. The van der Waals surface area contributed by atoms with E-state index in [4.69, 9.17) is 4.74 Å². The van der Waals surface area contributed by atoms with E-state index >= 15 is 0 Å². The molecule has 0 spiro atoms. The van der Waals surface area contributed by atoms with Gasteiger partial charge in [0.1, 0.15) is 5.75 Å². The summed E-state index contributed by atoms with van der Waals surface area (Å²) in [7, 11) is 0. The van der Waals surface area contributed by atoms with Gasteiger partial charge in [0.2, 0.25) is 0 Å². The number of anilines is 1. The van der Waals surface area contributed by atoms with Crippen LogP contribution in [-0.2, 0) is 10.2 Å². The van der Waals surface area contributed by atoms with Crippen LogP contribution in [0.4, 0.5) is 10.5 Å². The SMILES string of the molecule is Cc1ccc(NC(=O)NNC(=O)COc2ccc(C(C)(C)C)cc2)cc1. The van der Waals surface area contributed by atoms with Gasteiger partial charge in [-0.3, -0.25) is 10.2 Å². The molecule has 6 nitrogen and oxygen atoms in total. The van der Waals surface area contributed by atoms with Gasteiger partial charge in [0.05, 0.1) is 0 Å². The molecule has 6 heteroatoms. The first-order valence-electron chi connectivity index (χ1n) is 8.40. The number of carbonyl (C=O) groups excluding carboxylic acids is 2. The lowest BCUT2D eigenvalue weighted by Gasteiger charge is -2.19. The molecule has 2 rings (SSSR count). The van der Waals surface area contributed by atoms with Crippen molar-refractivity contribution < 1.29 is 14.3 Å². The minimum atomic E-state index is -0.531. The third kappa shape index (κ3) is 6.12. The Balaban J connectivity index is 1.73. The van der Waals surface area contributed by atoms with Crippen molar-refractivity contribution in [3.63, 3.8) is 0 Å². The zero-order chi connectivity index (χ0) is 19.2. The maximum absolute atomic E-state index is 11.8. The first-order valence-corrected chi connectivity index (χ1v) is 8.40. The standard InChI is InChI=1S/C20H25N3O3/c1-14-5-9-16(10-6-14)21-19(25)23-22-18(24)13-26-17-11-7-15(8-12-17)20(2,3)4/h5-12H,13H2,1-4H3,(H,22,24)(H2,21,23,25). The maximum atomic E-state index is 11.8. The number of ether oxygens (including phenoxy) is 1. The summed E-state index contributed by atoms with van der Waals surface area (Å²) in [4.78, 5) is 23.5. The van der Waals surface area contributed by atoms with Crippen molar-refractivity contribution in [2.75, 3.05) is 11.9 Å². The minimum Gasteiger partial charge on any atom is -0.484 e. The van der Waals surface area contributed by atoms with Gasteiger partial charge >= 0.3 is 6.03 Å². The lowest BCUT2D eigenvalue weighted by Crippen LogP contribution is -2.45. The van der Waals surface area contributed by atoms with Crippen LogP contribution < -0.4 is 20.9 Å². The Morgan fingerprint density at radius 2 is 1.54 bits per heavy atom. The lowest BCUT2D eigenvalue weighted by atomic mass is 9.87. The number of hydrogen-bond donors (Lipinski definition) is 3. The molecule has 2 aromatic carbocycles. The number of benzene rings is 2. The number of aryl methyl sites for hydroxylation is 1. The normalized spacial score (nSPS) is 10.8. The molecule has 0 aliphatic rings. The molecule has 0 radical (unpaired) electrons. The first-order chi connectivity index (χ1) is 12.2. The number of hydrazine groups is 1. The molecule has 0 aliphatic carbocycles. The van der Waals surface area contributed by atoms with Gasteiger partial charge in [0, 0.05) is 5.69 Å². The highest BCUT2D eigenvalue weighted by atomic mass is 16.5. The molecule has 138 valence electrons. The van der Waals surface area contributed by atoms with E-state index in [0.29, 0.717) is 11.4 Å². The predicted molar refractivity (Wildman–Crippen MR) is 102 cm³/mol. The molecule has 2 aromatic rings. The van der Waals surface area contributed by atoms with Gasteiger partial charge in [-0.25, -0.2) is 10.2 Å². The molecule has 0 saturated carbocycles. The van der Waals surface area contributed by atoms with Crippen molar-refractivity contribution in [3.8, 4) is 5.75 Å². The fourth-order valence-electron chi connectivity index (χ4n) is 2.16. The Bertz CT molecular complexity index is 747. The topological polar surface area (TPSA) is 79.5 Å². The molecule has 0 atom stereocenters. The summed E-state index contributed by atoms with van der Waals surface area (Å²) >= 11 is 0. The van der Waals surface area contributed by atoms with Crippen LogP contribution in [0.25, 0.3) is 0 Å². The number of amides is 3. The fraction of sp³-hybridized carbons (Fsp3) is 0.300. The summed E-state index contributed by atoms with van der Waals surface area (Å²) in [6, 6.07) is 14.4. The molecule has 0 bridgehead atoms. The average Bonchev–Trinajstić information content (AvgIpc) is 2.60. The van der Waals surface area contributed by atoms with Crippen LogP contribution in [0.2, 0.25) is 0 Å². The smallest absolute Gasteiger partial charge is 0.337 e.